The molecule has 0 saturated carbocycles. The van der Waals surface area contributed by atoms with E-state index >= 15 is 0 Å². The van der Waals surface area contributed by atoms with Crippen molar-refractivity contribution in [3.8, 4) is 0 Å². The summed E-state index contributed by atoms with van der Waals surface area (Å²) in [5.74, 6) is 1.28. The Balaban J connectivity index is 0.00000210. The second-order valence-electron chi connectivity index (χ2n) is 6.94. The standard InChI is InChI=1S/C19H26N4O3S.2ClH/c1-14-10-15(23-26-14)11-27-18-16(4-3-7-21-18)17(24)22-12-19(13-25-2)5-8-20-9-6-19;;/h3-4,7,10,20H,5-6,8-9,11-13H2,1-2H3,(H,22,24);2*1H. The van der Waals surface area contributed by atoms with Crippen molar-refractivity contribution < 1.29 is 14.1 Å². The first kappa shape index (κ1) is 25.7. The Morgan fingerprint density at radius 1 is 1.38 bits per heavy atom. The molecule has 0 bridgehead atoms. The SMILES string of the molecule is COCC1(CNC(=O)c2cccnc2SCc2cc(C)on2)CCNCC1.Cl.Cl. The van der Waals surface area contributed by atoms with Crippen molar-refractivity contribution >= 4 is 42.5 Å². The number of carbonyl (C=O) groups is 1. The molecule has 1 saturated heterocycles. The van der Waals surface area contributed by atoms with Crippen LogP contribution in [0.4, 0.5) is 0 Å². The van der Waals surface area contributed by atoms with Gasteiger partial charge in [-0.05, 0) is 45.0 Å². The van der Waals surface area contributed by atoms with Crippen LogP contribution in [0.25, 0.3) is 0 Å². The molecule has 1 aliphatic heterocycles. The Kier molecular flexibility index (Phi) is 11.0. The fourth-order valence-corrected chi connectivity index (χ4v) is 4.18. The molecule has 0 spiro atoms. The molecule has 1 amide bonds. The lowest BCUT2D eigenvalue weighted by Crippen LogP contribution is -2.47. The van der Waals surface area contributed by atoms with Crippen LogP contribution < -0.4 is 10.6 Å². The second-order valence-corrected chi connectivity index (χ2v) is 7.90. The average Bonchev–Trinajstić information content (AvgIpc) is 3.11. The van der Waals surface area contributed by atoms with Gasteiger partial charge in [0.15, 0.2) is 0 Å². The van der Waals surface area contributed by atoms with Gasteiger partial charge in [-0.1, -0.05) is 16.9 Å². The zero-order chi connectivity index (χ0) is 19.1. The number of pyridine rings is 1. The quantitative estimate of drug-likeness (QED) is 0.581. The van der Waals surface area contributed by atoms with E-state index in [0.29, 0.717) is 29.5 Å². The number of carbonyl (C=O) groups excluding carboxylic acids is 1. The predicted molar refractivity (Wildman–Crippen MR) is 118 cm³/mol. The van der Waals surface area contributed by atoms with Gasteiger partial charge >= 0.3 is 0 Å². The van der Waals surface area contributed by atoms with Crippen LogP contribution in [0.3, 0.4) is 0 Å². The van der Waals surface area contributed by atoms with E-state index in [-0.39, 0.29) is 36.1 Å². The molecule has 3 heterocycles. The monoisotopic (exact) mass is 462 g/mol. The summed E-state index contributed by atoms with van der Waals surface area (Å²) in [7, 11) is 1.72. The van der Waals surface area contributed by atoms with Gasteiger partial charge in [0.1, 0.15) is 10.8 Å². The zero-order valence-electron chi connectivity index (χ0n) is 16.6. The summed E-state index contributed by atoms with van der Waals surface area (Å²) in [4.78, 5) is 17.2. The molecule has 1 aliphatic rings. The van der Waals surface area contributed by atoms with Gasteiger partial charge in [0.2, 0.25) is 0 Å². The molecular formula is C19H28Cl2N4O3S. The van der Waals surface area contributed by atoms with E-state index in [0.717, 1.165) is 37.4 Å². The fraction of sp³-hybridized carbons (Fsp3) is 0.526. The molecule has 162 valence electrons. The smallest absolute Gasteiger partial charge is 0.254 e. The Hall–Kier alpha value is -1.32. The summed E-state index contributed by atoms with van der Waals surface area (Å²) in [5, 5.41) is 11.2. The van der Waals surface area contributed by atoms with Crippen LogP contribution in [0.1, 0.15) is 34.7 Å². The van der Waals surface area contributed by atoms with Crippen molar-refractivity contribution in [1.29, 1.82) is 0 Å². The molecule has 1 fully saturated rings. The van der Waals surface area contributed by atoms with E-state index in [9.17, 15) is 4.79 Å². The van der Waals surface area contributed by atoms with Crippen molar-refractivity contribution in [2.24, 2.45) is 5.41 Å². The highest BCUT2D eigenvalue weighted by atomic mass is 35.5. The van der Waals surface area contributed by atoms with Crippen LogP contribution in [-0.4, -0.2) is 49.4 Å². The number of hydrogen-bond donors (Lipinski definition) is 2. The largest absolute Gasteiger partial charge is 0.384 e. The first-order valence-corrected chi connectivity index (χ1v) is 10.1. The van der Waals surface area contributed by atoms with E-state index in [4.69, 9.17) is 9.26 Å². The number of hydrogen-bond acceptors (Lipinski definition) is 7. The lowest BCUT2D eigenvalue weighted by Gasteiger charge is -2.37. The number of rotatable bonds is 8. The number of nitrogens with one attached hydrogen (secondary N) is 2. The molecule has 0 aliphatic carbocycles. The number of methoxy groups -OCH3 is 1. The summed E-state index contributed by atoms with van der Waals surface area (Å²) in [6.45, 7) is 5.00. The molecule has 10 heteroatoms. The topological polar surface area (TPSA) is 89.3 Å². The highest BCUT2D eigenvalue weighted by molar-refractivity contribution is 7.98. The molecule has 0 aromatic carbocycles. The Labute approximate surface area is 187 Å². The van der Waals surface area contributed by atoms with E-state index in [1.165, 1.54) is 11.8 Å². The normalized spacial score (nSPS) is 15.1. The lowest BCUT2D eigenvalue weighted by atomic mass is 9.79. The number of piperidine rings is 1. The maximum absolute atomic E-state index is 12.8. The predicted octanol–water partition coefficient (Wildman–Crippen LogP) is 3.26. The number of nitrogens with zero attached hydrogens (tertiary/aromatic N) is 2. The Bertz CT molecular complexity index is 764. The first-order valence-electron chi connectivity index (χ1n) is 9.10. The van der Waals surface area contributed by atoms with Crippen molar-refractivity contribution in [2.75, 3.05) is 33.4 Å². The summed E-state index contributed by atoms with van der Waals surface area (Å²) in [6, 6.07) is 5.49. The number of ether oxygens (including phenoxy) is 1. The average molecular weight is 463 g/mol. The highest BCUT2D eigenvalue weighted by Crippen LogP contribution is 2.29. The summed E-state index contributed by atoms with van der Waals surface area (Å²) < 4.78 is 10.5. The second kappa shape index (κ2) is 12.4. The molecule has 2 aromatic rings. The third-order valence-electron chi connectivity index (χ3n) is 4.79. The number of thioether (sulfide) groups is 1. The van der Waals surface area contributed by atoms with Gasteiger partial charge in [-0.15, -0.1) is 24.8 Å². The third-order valence-corrected chi connectivity index (χ3v) is 5.83. The zero-order valence-corrected chi connectivity index (χ0v) is 19.1. The molecule has 2 N–H and O–H groups in total. The molecule has 2 aromatic heterocycles. The summed E-state index contributed by atoms with van der Waals surface area (Å²) in [5.41, 5.74) is 1.41. The van der Waals surface area contributed by atoms with Crippen LogP contribution in [0.5, 0.6) is 0 Å². The van der Waals surface area contributed by atoms with Gasteiger partial charge in [0, 0.05) is 37.1 Å². The lowest BCUT2D eigenvalue weighted by molar-refractivity contribution is 0.0511. The summed E-state index contributed by atoms with van der Waals surface area (Å²) >= 11 is 1.48. The van der Waals surface area contributed by atoms with Crippen LogP contribution in [0, 0.1) is 12.3 Å². The molecule has 7 nitrogen and oxygen atoms in total. The van der Waals surface area contributed by atoms with Gasteiger partial charge in [-0.2, -0.15) is 0 Å². The fourth-order valence-electron chi connectivity index (χ4n) is 3.31. The van der Waals surface area contributed by atoms with Gasteiger partial charge in [-0.3, -0.25) is 4.79 Å². The minimum atomic E-state index is -0.101. The Morgan fingerprint density at radius 3 is 2.79 bits per heavy atom. The molecule has 0 radical (unpaired) electrons. The number of amides is 1. The first-order chi connectivity index (χ1) is 13.1. The summed E-state index contributed by atoms with van der Waals surface area (Å²) in [6.07, 6.45) is 3.68. The van der Waals surface area contributed by atoms with Gasteiger partial charge in [-0.25, -0.2) is 4.98 Å². The minimum absolute atomic E-state index is 0. The molecule has 3 rings (SSSR count). The van der Waals surface area contributed by atoms with Crippen molar-refractivity contribution in [1.82, 2.24) is 20.8 Å². The molecule has 29 heavy (non-hydrogen) atoms. The van der Waals surface area contributed by atoms with Crippen molar-refractivity contribution in [2.45, 2.75) is 30.5 Å². The van der Waals surface area contributed by atoms with Gasteiger partial charge in [0.25, 0.3) is 5.91 Å². The van der Waals surface area contributed by atoms with Crippen molar-refractivity contribution in [3.05, 3.63) is 41.4 Å². The molecule has 0 unspecified atom stereocenters. The van der Waals surface area contributed by atoms with Crippen LogP contribution in [0.2, 0.25) is 0 Å². The minimum Gasteiger partial charge on any atom is -0.384 e. The number of aryl methyl sites for hydroxylation is 1. The maximum atomic E-state index is 12.8. The van der Waals surface area contributed by atoms with Crippen molar-refractivity contribution in [3.63, 3.8) is 0 Å². The Morgan fingerprint density at radius 2 is 2.14 bits per heavy atom. The maximum Gasteiger partial charge on any atom is 0.254 e. The number of halogens is 2. The van der Waals surface area contributed by atoms with E-state index < -0.39 is 0 Å². The van der Waals surface area contributed by atoms with Gasteiger partial charge < -0.3 is 19.9 Å². The van der Waals surface area contributed by atoms with Crippen LogP contribution >= 0.6 is 36.6 Å². The third kappa shape index (κ3) is 7.15. The van der Waals surface area contributed by atoms with E-state index in [2.05, 4.69) is 20.8 Å². The molecular weight excluding hydrogens is 435 g/mol. The van der Waals surface area contributed by atoms with E-state index in [1.807, 2.05) is 19.1 Å². The van der Waals surface area contributed by atoms with Gasteiger partial charge in [0.05, 0.1) is 17.9 Å². The number of aromatic nitrogens is 2. The van der Waals surface area contributed by atoms with Crippen LogP contribution in [0.15, 0.2) is 33.9 Å². The van der Waals surface area contributed by atoms with E-state index in [1.54, 1.807) is 19.4 Å². The molecule has 0 atom stereocenters. The highest BCUT2D eigenvalue weighted by Gasteiger charge is 2.32. The van der Waals surface area contributed by atoms with Crippen LogP contribution in [-0.2, 0) is 10.5 Å².